The summed E-state index contributed by atoms with van der Waals surface area (Å²) in [6.45, 7) is 2.13. The molecule has 1 amide bonds. The van der Waals surface area contributed by atoms with Gasteiger partial charge in [-0.15, -0.1) is 10.2 Å². The first kappa shape index (κ1) is 25.0. The number of aromatic nitrogens is 2. The number of hydrogen-bond donors (Lipinski definition) is 1. The van der Waals surface area contributed by atoms with Crippen LogP contribution in [0.1, 0.15) is 32.1 Å². The minimum absolute atomic E-state index is 0.204. The second-order valence-corrected chi connectivity index (χ2v) is 10.7. The number of nitrogens with one attached hydrogen (secondary N) is 1. The fourth-order valence-corrected chi connectivity index (χ4v) is 5.15. The molecule has 1 aromatic heterocycles. The molecule has 178 valence electrons. The molecule has 6 nitrogen and oxygen atoms in total. The lowest BCUT2D eigenvalue weighted by Crippen LogP contribution is -2.17. The number of hydrazone groups is 1. The fraction of sp³-hybridized carbons (Fsp3) is 0.120. The largest absolute Gasteiger partial charge is 0.488 e. The molecule has 0 aliphatic rings. The number of carbonyl (C=O) groups is 1. The Morgan fingerprint density at radius 2 is 1.97 bits per heavy atom. The Labute approximate surface area is 218 Å². The van der Waals surface area contributed by atoms with Crippen LogP contribution in [0.2, 0.25) is 0 Å². The van der Waals surface area contributed by atoms with E-state index in [1.807, 2.05) is 31.2 Å². The van der Waals surface area contributed by atoms with Crippen molar-refractivity contribution in [3.8, 4) is 5.75 Å². The Morgan fingerprint density at radius 1 is 1.14 bits per heavy atom. The summed E-state index contributed by atoms with van der Waals surface area (Å²) in [6.07, 6.45) is 1.51. The summed E-state index contributed by atoms with van der Waals surface area (Å²) >= 11 is 6.60. The van der Waals surface area contributed by atoms with E-state index in [-0.39, 0.29) is 18.3 Å². The maximum absolute atomic E-state index is 13.4. The zero-order valence-corrected chi connectivity index (χ0v) is 21.8. The molecular weight excluding hydrogens is 551 g/mol. The molecule has 35 heavy (non-hydrogen) atoms. The van der Waals surface area contributed by atoms with Crippen molar-refractivity contribution in [2.75, 3.05) is 0 Å². The first-order valence-electron chi connectivity index (χ1n) is 10.5. The normalized spacial score (nSPS) is 11.1. The molecular formula is C25H20BrFN4O2S2. The van der Waals surface area contributed by atoms with E-state index in [4.69, 9.17) is 4.74 Å². The number of amides is 1. The summed E-state index contributed by atoms with van der Waals surface area (Å²) in [6, 6.07) is 19.0. The summed E-state index contributed by atoms with van der Waals surface area (Å²) in [5.41, 5.74) is 5.50. The smallest absolute Gasteiger partial charge is 0.271 e. The van der Waals surface area contributed by atoms with Crippen LogP contribution >= 0.6 is 39.0 Å². The Morgan fingerprint density at radius 3 is 2.71 bits per heavy atom. The van der Waals surface area contributed by atoms with Gasteiger partial charge < -0.3 is 4.74 Å². The van der Waals surface area contributed by atoms with Gasteiger partial charge in [-0.2, -0.15) is 5.10 Å². The molecule has 0 atom stereocenters. The third kappa shape index (κ3) is 7.45. The fourth-order valence-electron chi connectivity index (χ4n) is 3.00. The second-order valence-electron chi connectivity index (χ2n) is 7.37. The van der Waals surface area contributed by atoms with Gasteiger partial charge in [-0.1, -0.05) is 63.3 Å². The lowest BCUT2D eigenvalue weighted by atomic mass is 10.1. The Kier molecular flexibility index (Phi) is 8.62. The van der Waals surface area contributed by atoms with Crippen LogP contribution in [0.25, 0.3) is 0 Å². The first-order valence-corrected chi connectivity index (χ1v) is 13.1. The molecule has 0 aliphatic heterocycles. The summed E-state index contributed by atoms with van der Waals surface area (Å²) in [7, 11) is 0. The van der Waals surface area contributed by atoms with E-state index in [1.54, 1.807) is 53.4 Å². The average Bonchev–Trinajstić information content (AvgIpc) is 3.27. The van der Waals surface area contributed by atoms with E-state index in [0.29, 0.717) is 22.4 Å². The molecule has 4 aromatic rings. The number of benzene rings is 3. The van der Waals surface area contributed by atoms with Crippen LogP contribution in [0.4, 0.5) is 4.39 Å². The maximum atomic E-state index is 13.4. The molecule has 10 heteroatoms. The summed E-state index contributed by atoms with van der Waals surface area (Å²) in [5.74, 6) is 0.668. The number of carbonyl (C=O) groups excluding carboxylic acids is 1. The quantitative estimate of drug-likeness (QED) is 0.143. The Hall–Kier alpha value is -3.08. The number of ether oxygens (including phenoxy) is 1. The van der Waals surface area contributed by atoms with Crippen LogP contribution in [0.15, 0.2) is 80.6 Å². The highest BCUT2D eigenvalue weighted by atomic mass is 79.9. The SMILES string of the molecule is Cc1nnc(SCc2ccc(C(=O)NN=Cc3cc(Br)ccc3OCc3cccc(F)c3)cc2)s1. The van der Waals surface area contributed by atoms with Gasteiger partial charge in [-0.3, -0.25) is 4.79 Å². The van der Waals surface area contributed by atoms with Gasteiger partial charge in [0.1, 0.15) is 23.2 Å². The molecule has 0 fully saturated rings. The van der Waals surface area contributed by atoms with Gasteiger partial charge in [0.05, 0.1) is 6.21 Å². The van der Waals surface area contributed by atoms with Crippen LogP contribution < -0.4 is 10.2 Å². The van der Waals surface area contributed by atoms with Gasteiger partial charge in [0.25, 0.3) is 5.91 Å². The zero-order valence-electron chi connectivity index (χ0n) is 18.6. The van der Waals surface area contributed by atoms with Crippen LogP contribution in [-0.2, 0) is 12.4 Å². The van der Waals surface area contributed by atoms with Crippen molar-refractivity contribution in [2.45, 2.75) is 23.6 Å². The molecule has 1 heterocycles. The number of nitrogens with zero attached hydrogens (tertiary/aromatic N) is 3. The van der Waals surface area contributed by atoms with E-state index in [1.165, 1.54) is 18.3 Å². The van der Waals surface area contributed by atoms with Crippen molar-refractivity contribution < 1.29 is 13.9 Å². The van der Waals surface area contributed by atoms with Crippen molar-refractivity contribution in [1.82, 2.24) is 15.6 Å². The number of halogens is 2. The van der Waals surface area contributed by atoms with Crippen molar-refractivity contribution in [2.24, 2.45) is 5.10 Å². The average molecular weight is 571 g/mol. The van der Waals surface area contributed by atoms with E-state index in [0.717, 1.165) is 25.1 Å². The summed E-state index contributed by atoms with van der Waals surface area (Å²) in [4.78, 5) is 12.5. The number of hydrogen-bond acceptors (Lipinski definition) is 7. The van der Waals surface area contributed by atoms with Gasteiger partial charge in [0.2, 0.25) is 0 Å². The third-order valence-electron chi connectivity index (χ3n) is 4.71. The van der Waals surface area contributed by atoms with Gasteiger partial charge in [0.15, 0.2) is 4.34 Å². The van der Waals surface area contributed by atoms with Crippen LogP contribution in [-0.4, -0.2) is 22.3 Å². The lowest BCUT2D eigenvalue weighted by Gasteiger charge is -2.10. The minimum atomic E-state index is -0.322. The number of thioether (sulfide) groups is 1. The van der Waals surface area contributed by atoms with E-state index >= 15 is 0 Å². The summed E-state index contributed by atoms with van der Waals surface area (Å²) < 4.78 is 21.0. The van der Waals surface area contributed by atoms with Crippen LogP contribution in [0.5, 0.6) is 5.75 Å². The molecule has 0 unspecified atom stereocenters. The monoisotopic (exact) mass is 570 g/mol. The van der Waals surface area contributed by atoms with Crippen molar-refractivity contribution >= 4 is 51.2 Å². The molecule has 0 aliphatic carbocycles. The standard InChI is InChI=1S/C25H20BrFN4O2S2/c1-16-29-31-25(35-16)34-15-17-5-7-19(8-6-17)24(32)30-28-13-20-12-21(26)9-10-23(20)33-14-18-3-2-4-22(27)11-18/h2-13H,14-15H2,1H3,(H,30,32). The minimum Gasteiger partial charge on any atom is -0.488 e. The second kappa shape index (κ2) is 12.1. The van der Waals surface area contributed by atoms with Gasteiger partial charge in [0, 0.05) is 21.4 Å². The summed E-state index contributed by atoms with van der Waals surface area (Å²) in [5, 5.41) is 13.1. The van der Waals surface area contributed by atoms with Gasteiger partial charge in [-0.05, 0) is 60.5 Å². The number of aryl methyl sites for hydroxylation is 1. The third-order valence-corrected chi connectivity index (χ3v) is 7.25. The topological polar surface area (TPSA) is 76.5 Å². The van der Waals surface area contributed by atoms with Crippen molar-refractivity contribution in [1.29, 1.82) is 0 Å². The van der Waals surface area contributed by atoms with E-state index < -0.39 is 0 Å². The predicted molar refractivity (Wildman–Crippen MR) is 141 cm³/mol. The molecule has 3 aromatic carbocycles. The molecule has 0 radical (unpaired) electrons. The van der Waals surface area contributed by atoms with Gasteiger partial charge >= 0.3 is 0 Å². The van der Waals surface area contributed by atoms with Crippen molar-refractivity contribution in [3.05, 3.63) is 104 Å². The van der Waals surface area contributed by atoms with Gasteiger partial charge in [-0.25, -0.2) is 9.82 Å². The number of rotatable bonds is 9. The lowest BCUT2D eigenvalue weighted by molar-refractivity contribution is 0.0955. The highest BCUT2D eigenvalue weighted by molar-refractivity contribution is 9.10. The molecule has 0 saturated heterocycles. The van der Waals surface area contributed by atoms with E-state index in [2.05, 4.69) is 36.7 Å². The molecule has 1 N–H and O–H groups in total. The molecule has 0 saturated carbocycles. The Bertz CT molecular complexity index is 1350. The molecule has 4 rings (SSSR count). The van der Waals surface area contributed by atoms with Crippen LogP contribution in [0.3, 0.4) is 0 Å². The van der Waals surface area contributed by atoms with Crippen LogP contribution in [0, 0.1) is 12.7 Å². The maximum Gasteiger partial charge on any atom is 0.271 e. The van der Waals surface area contributed by atoms with E-state index in [9.17, 15) is 9.18 Å². The Balaban J connectivity index is 1.34. The molecule has 0 bridgehead atoms. The molecule has 0 spiro atoms. The van der Waals surface area contributed by atoms with Crippen molar-refractivity contribution in [3.63, 3.8) is 0 Å². The predicted octanol–water partition coefficient (Wildman–Crippen LogP) is 6.38. The highest BCUT2D eigenvalue weighted by Crippen LogP contribution is 2.26. The first-order chi connectivity index (χ1) is 17.0. The zero-order chi connectivity index (χ0) is 24.6. The highest BCUT2D eigenvalue weighted by Gasteiger charge is 2.08.